The van der Waals surface area contributed by atoms with E-state index in [1.165, 1.54) is 24.8 Å². The number of hydrogen-bond donors (Lipinski definition) is 0. The van der Waals surface area contributed by atoms with Crippen molar-refractivity contribution in [1.29, 1.82) is 0 Å². The van der Waals surface area contributed by atoms with E-state index in [9.17, 15) is 0 Å². The van der Waals surface area contributed by atoms with Gasteiger partial charge in [-0.25, -0.2) is 0 Å². The highest BCUT2D eigenvalue weighted by atomic mass is 16.3. The third-order valence-electron chi connectivity index (χ3n) is 2.06. The first kappa shape index (κ1) is 7.41. The van der Waals surface area contributed by atoms with Crippen molar-refractivity contribution in [3.63, 3.8) is 0 Å². The van der Waals surface area contributed by atoms with Gasteiger partial charge < -0.3 is 4.42 Å². The summed E-state index contributed by atoms with van der Waals surface area (Å²) in [4.78, 5) is 0. The third-order valence-corrected chi connectivity index (χ3v) is 2.06. The zero-order chi connectivity index (χ0) is 8.23. The summed E-state index contributed by atoms with van der Waals surface area (Å²) in [6.07, 6.45) is 13.8. The molecule has 0 spiro atoms. The van der Waals surface area contributed by atoms with Crippen LogP contribution in [0.25, 0.3) is 6.08 Å². The van der Waals surface area contributed by atoms with E-state index in [4.69, 9.17) is 4.42 Å². The molecule has 0 saturated heterocycles. The molecule has 0 atom stereocenters. The van der Waals surface area contributed by atoms with Crippen molar-refractivity contribution in [2.45, 2.75) is 19.3 Å². The van der Waals surface area contributed by atoms with E-state index in [1.807, 2.05) is 6.07 Å². The van der Waals surface area contributed by atoms with Crippen LogP contribution in [0.1, 0.15) is 24.8 Å². The molecule has 0 bridgehead atoms. The van der Waals surface area contributed by atoms with Crippen molar-refractivity contribution in [3.05, 3.63) is 41.9 Å². The van der Waals surface area contributed by atoms with Crippen LogP contribution in [-0.4, -0.2) is 0 Å². The second-order valence-electron chi connectivity index (χ2n) is 3.07. The van der Waals surface area contributed by atoms with Crippen LogP contribution in [0.2, 0.25) is 0 Å². The molecule has 2 rings (SSSR count). The number of furan rings is 1. The van der Waals surface area contributed by atoms with Crippen molar-refractivity contribution < 1.29 is 4.42 Å². The fourth-order valence-corrected chi connectivity index (χ4v) is 1.43. The van der Waals surface area contributed by atoms with Crippen LogP contribution in [0, 0.1) is 0 Å². The zero-order valence-electron chi connectivity index (χ0n) is 6.99. The van der Waals surface area contributed by atoms with Gasteiger partial charge >= 0.3 is 0 Å². The van der Waals surface area contributed by atoms with Crippen LogP contribution in [-0.2, 0) is 0 Å². The van der Waals surface area contributed by atoms with E-state index >= 15 is 0 Å². The SMILES string of the molecule is C1=CC(=Cc2ccoc2)CCC1. The quantitative estimate of drug-likeness (QED) is 0.613. The summed E-state index contributed by atoms with van der Waals surface area (Å²) in [5.74, 6) is 0. The van der Waals surface area contributed by atoms with Gasteiger partial charge in [0.05, 0.1) is 12.5 Å². The fourth-order valence-electron chi connectivity index (χ4n) is 1.43. The maximum atomic E-state index is 4.99. The molecule has 1 aromatic heterocycles. The van der Waals surface area contributed by atoms with Gasteiger partial charge in [-0.1, -0.05) is 12.2 Å². The lowest BCUT2D eigenvalue weighted by Gasteiger charge is -2.05. The van der Waals surface area contributed by atoms with Crippen molar-refractivity contribution in [1.82, 2.24) is 0 Å². The molecular weight excluding hydrogens is 148 g/mol. The van der Waals surface area contributed by atoms with Crippen molar-refractivity contribution in [2.75, 3.05) is 0 Å². The molecule has 1 aromatic rings. The minimum atomic E-state index is 1.16. The molecule has 0 aliphatic heterocycles. The highest BCUT2D eigenvalue weighted by molar-refractivity contribution is 5.54. The molecule has 1 aliphatic carbocycles. The minimum absolute atomic E-state index is 1.16. The maximum Gasteiger partial charge on any atom is 0.0974 e. The molecule has 1 nitrogen and oxygen atoms in total. The van der Waals surface area contributed by atoms with Gasteiger partial charge in [0.15, 0.2) is 0 Å². The van der Waals surface area contributed by atoms with Crippen LogP contribution >= 0.6 is 0 Å². The Morgan fingerprint density at radius 3 is 3.08 bits per heavy atom. The van der Waals surface area contributed by atoms with E-state index in [2.05, 4.69) is 18.2 Å². The summed E-state index contributed by atoms with van der Waals surface area (Å²) in [6.45, 7) is 0. The van der Waals surface area contributed by atoms with Gasteiger partial charge in [0.2, 0.25) is 0 Å². The van der Waals surface area contributed by atoms with Gasteiger partial charge in [-0.3, -0.25) is 0 Å². The Balaban J connectivity index is 2.17. The molecule has 0 saturated carbocycles. The molecule has 1 heteroatoms. The third kappa shape index (κ3) is 1.67. The Hall–Kier alpha value is -1.24. The van der Waals surface area contributed by atoms with Crippen LogP contribution in [0.3, 0.4) is 0 Å². The number of hydrogen-bond acceptors (Lipinski definition) is 1. The second-order valence-corrected chi connectivity index (χ2v) is 3.07. The van der Waals surface area contributed by atoms with Crippen molar-refractivity contribution in [2.24, 2.45) is 0 Å². The smallest absolute Gasteiger partial charge is 0.0974 e. The van der Waals surface area contributed by atoms with Crippen LogP contribution in [0.15, 0.2) is 40.7 Å². The predicted molar refractivity (Wildman–Crippen MR) is 49.7 cm³/mol. The Morgan fingerprint density at radius 2 is 2.42 bits per heavy atom. The molecule has 0 N–H and O–H groups in total. The Kier molecular flexibility index (Phi) is 2.12. The van der Waals surface area contributed by atoms with E-state index in [0.717, 1.165) is 5.56 Å². The normalized spacial score (nSPS) is 20.2. The summed E-state index contributed by atoms with van der Waals surface area (Å²) in [5, 5.41) is 0. The van der Waals surface area contributed by atoms with Crippen LogP contribution in [0.4, 0.5) is 0 Å². The molecule has 0 unspecified atom stereocenters. The molecule has 62 valence electrons. The summed E-state index contributed by atoms with van der Waals surface area (Å²) in [7, 11) is 0. The maximum absolute atomic E-state index is 4.99. The van der Waals surface area contributed by atoms with Gasteiger partial charge in [0.25, 0.3) is 0 Å². The average molecular weight is 160 g/mol. The van der Waals surface area contributed by atoms with Crippen molar-refractivity contribution in [3.8, 4) is 0 Å². The first-order chi connectivity index (χ1) is 5.95. The molecule has 0 aromatic carbocycles. The van der Waals surface area contributed by atoms with Gasteiger partial charge in [0.1, 0.15) is 0 Å². The van der Waals surface area contributed by atoms with Crippen LogP contribution < -0.4 is 0 Å². The van der Waals surface area contributed by atoms with Crippen LogP contribution in [0.5, 0.6) is 0 Å². The lowest BCUT2D eigenvalue weighted by atomic mass is 10.0. The van der Waals surface area contributed by atoms with E-state index in [0.29, 0.717) is 0 Å². The second kappa shape index (κ2) is 3.44. The summed E-state index contributed by atoms with van der Waals surface area (Å²) in [5.41, 5.74) is 2.57. The summed E-state index contributed by atoms with van der Waals surface area (Å²) < 4.78 is 4.99. The highest BCUT2D eigenvalue weighted by Crippen LogP contribution is 2.18. The molecule has 1 aliphatic rings. The lowest BCUT2D eigenvalue weighted by Crippen LogP contribution is -1.85. The zero-order valence-corrected chi connectivity index (χ0v) is 6.99. The highest BCUT2D eigenvalue weighted by Gasteiger charge is 1.98. The number of allylic oxidation sites excluding steroid dienone is 3. The molecule has 12 heavy (non-hydrogen) atoms. The summed E-state index contributed by atoms with van der Waals surface area (Å²) in [6, 6.07) is 1.98. The largest absolute Gasteiger partial charge is 0.472 e. The molecule has 0 amide bonds. The molecular formula is C11H12O. The van der Waals surface area contributed by atoms with E-state index in [1.54, 1.807) is 12.5 Å². The number of rotatable bonds is 1. The lowest BCUT2D eigenvalue weighted by molar-refractivity contribution is 0.567. The average Bonchev–Trinajstić information content (AvgIpc) is 2.59. The van der Waals surface area contributed by atoms with E-state index < -0.39 is 0 Å². The monoisotopic (exact) mass is 160 g/mol. The molecule has 0 radical (unpaired) electrons. The topological polar surface area (TPSA) is 13.1 Å². The Bertz CT molecular complexity index is 291. The van der Waals surface area contributed by atoms with Gasteiger partial charge in [-0.05, 0) is 37.0 Å². The van der Waals surface area contributed by atoms with Gasteiger partial charge in [-0.15, -0.1) is 0 Å². The molecule has 1 heterocycles. The first-order valence-electron chi connectivity index (χ1n) is 4.34. The Labute approximate surface area is 72.4 Å². The van der Waals surface area contributed by atoms with Crippen molar-refractivity contribution >= 4 is 6.08 Å². The first-order valence-corrected chi connectivity index (χ1v) is 4.34. The Morgan fingerprint density at radius 1 is 1.42 bits per heavy atom. The fraction of sp³-hybridized carbons (Fsp3) is 0.273. The van der Waals surface area contributed by atoms with Gasteiger partial charge in [-0.2, -0.15) is 0 Å². The van der Waals surface area contributed by atoms with E-state index in [-0.39, 0.29) is 0 Å². The molecule has 0 fully saturated rings. The summed E-state index contributed by atoms with van der Waals surface area (Å²) >= 11 is 0. The predicted octanol–water partition coefficient (Wildman–Crippen LogP) is 3.40. The minimum Gasteiger partial charge on any atom is -0.472 e. The standard InChI is InChI=1S/C11H12O/c1-2-4-10(5-3-1)8-11-6-7-12-9-11/h2,4,6-9H,1,3,5H2. The van der Waals surface area contributed by atoms with Gasteiger partial charge in [0, 0.05) is 5.56 Å².